The Morgan fingerprint density at radius 1 is 1.11 bits per heavy atom. The zero-order chi connectivity index (χ0) is 13.9. The summed E-state index contributed by atoms with van der Waals surface area (Å²) in [4.78, 5) is 4.29. The highest BCUT2D eigenvalue weighted by atomic mass is 32.2. The van der Waals surface area contributed by atoms with E-state index in [1.54, 1.807) is 18.0 Å². The highest BCUT2D eigenvalue weighted by Gasteiger charge is 2.12. The van der Waals surface area contributed by atoms with E-state index in [1.807, 2.05) is 12.1 Å². The Bertz CT molecular complexity index is 541. The van der Waals surface area contributed by atoms with Crippen molar-refractivity contribution >= 4 is 17.4 Å². The van der Waals surface area contributed by atoms with Crippen molar-refractivity contribution in [2.75, 3.05) is 5.73 Å². The monoisotopic (exact) mass is 272 g/mol. The lowest BCUT2D eigenvalue weighted by Crippen LogP contribution is -2.10. The third-order valence-electron chi connectivity index (χ3n) is 3.00. The van der Waals surface area contributed by atoms with Gasteiger partial charge in [-0.15, -0.1) is 0 Å². The van der Waals surface area contributed by atoms with Crippen LogP contribution < -0.4 is 5.73 Å². The van der Waals surface area contributed by atoms with Gasteiger partial charge >= 0.3 is 0 Å². The van der Waals surface area contributed by atoms with Crippen LogP contribution >= 0.6 is 11.8 Å². The molecule has 100 valence electrons. The molecule has 0 atom stereocenters. The van der Waals surface area contributed by atoms with Crippen molar-refractivity contribution in [3.63, 3.8) is 0 Å². The van der Waals surface area contributed by atoms with Gasteiger partial charge in [0.25, 0.3) is 0 Å². The van der Waals surface area contributed by atoms with Crippen molar-refractivity contribution in [2.45, 2.75) is 37.0 Å². The number of nitrogen functional groups attached to an aromatic ring is 1. The summed E-state index contributed by atoms with van der Waals surface area (Å²) in [5.41, 5.74) is 9.49. The number of hydrogen-bond acceptors (Lipinski definition) is 3. The molecule has 0 unspecified atom stereocenters. The summed E-state index contributed by atoms with van der Waals surface area (Å²) < 4.78 is 0. The summed E-state index contributed by atoms with van der Waals surface area (Å²) in [5, 5.41) is 0.905. The Morgan fingerprint density at radius 2 is 1.79 bits per heavy atom. The van der Waals surface area contributed by atoms with Crippen LogP contribution in [0.15, 0.2) is 47.6 Å². The second-order valence-corrected chi connectivity index (χ2v) is 6.60. The first-order chi connectivity index (χ1) is 8.97. The lowest BCUT2D eigenvalue weighted by molar-refractivity contribution is 0.590. The molecule has 1 aromatic carbocycles. The molecule has 0 saturated heterocycles. The number of pyridine rings is 1. The number of aromatic nitrogens is 1. The van der Waals surface area contributed by atoms with Crippen LogP contribution in [0.5, 0.6) is 0 Å². The molecule has 19 heavy (non-hydrogen) atoms. The van der Waals surface area contributed by atoms with Crippen LogP contribution in [0.4, 0.5) is 5.69 Å². The van der Waals surface area contributed by atoms with Gasteiger partial charge in [-0.05, 0) is 28.7 Å². The van der Waals surface area contributed by atoms with Gasteiger partial charge in [-0.25, -0.2) is 4.98 Å². The maximum absolute atomic E-state index is 5.88. The topological polar surface area (TPSA) is 38.9 Å². The fourth-order valence-corrected chi connectivity index (χ4v) is 2.64. The summed E-state index contributed by atoms with van der Waals surface area (Å²) in [6.07, 6.45) is 1.78. The van der Waals surface area contributed by atoms with Crippen LogP contribution in [0.1, 0.15) is 31.9 Å². The van der Waals surface area contributed by atoms with Gasteiger partial charge in [-0.3, -0.25) is 0 Å². The molecule has 0 fully saturated rings. The Hall–Kier alpha value is -1.48. The van der Waals surface area contributed by atoms with E-state index in [2.05, 4.69) is 50.0 Å². The minimum absolute atomic E-state index is 0.205. The first-order valence-corrected chi connectivity index (χ1v) is 7.38. The van der Waals surface area contributed by atoms with Gasteiger partial charge in [-0.1, -0.05) is 56.8 Å². The van der Waals surface area contributed by atoms with Gasteiger partial charge in [0.15, 0.2) is 0 Å². The predicted molar refractivity (Wildman–Crippen MR) is 83.4 cm³/mol. The standard InChI is InChI=1S/C16H20N2S/c1-16(2,3)13-8-6-12(7-9-13)11-19-15-14(17)5-4-10-18-15/h4-10H,11,17H2,1-3H3. The Morgan fingerprint density at radius 3 is 2.37 bits per heavy atom. The molecule has 2 N–H and O–H groups in total. The molecule has 2 rings (SSSR count). The first-order valence-electron chi connectivity index (χ1n) is 6.39. The van der Waals surface area contributed by atoms with Crippen molar-refractivity contribution in [3.8, 4) is 0 Å². The molecule has 0 spiro atoms. The average Bonchev–Trinajstić information content (AvgIpc) is 2.37. The second kappa shape index (κ2) is 5.66. The predicted octanol–water partition coefficient (Wildman–Crippen LogP) is 4.25. The van der Waals surface area contributed by atoms with Gasteiger partial charge in [-0.2, -0.15) is 0 Å². The lowest BCUT2D eigenvalue weighted by Gasteiger charge is -2.19. The zero-order valence-electron chi connectivity index (χ0n) is 11.7. The van der Waals surface area contributed by atoms with Crippen molar-refractivity contribution in [2.24, 2.45) is 0 Å². The van der Waals surface area contributed by atoms with Gasteiger partial charge in [0, 0.05) is 11.9 Å². The summed E-state index contributed by atoms with van der Waals surface area (Å²) in [7, 11) is 0. The van der Waals surface area contributed by atoms with E-state index >= 15 is 0 Å². The van der Waals surface area contributed by atoms with E-state index in [0.717, 1.165) is 16.5 Å². The van der Waals surface area contributed by atoms with Crippen LogP contribution in [0.2, 0.25) is 0 Å². The largest absolute Gasteiger partial charge is 0.397 e. The van der Waals surface area contributed by atoms with Gasteiger partial charge in [0.05, 0.1) is 5.69 Å². The third kappa shape index (κ3) is 3.74. The van der Waals surface area contributed by atoms with Crippen LogP contribution in [-0.2, 0) is 11.2 Å². The second-order valence-electron chi connectivity index (χ2n) is 5.63. The molecule has 1 heterocycles. The van der Waals surface area contributed by atoms with Crippen LogP contribution in [0, 0.1) is 0 Å². The number of benzene rings is 1. The quantitative estimate of drug-likeness (QED) is 0.849. The molecule has 0 aliphatic rings. The zero-order valence-corrected chi connectivity index (χ0v) is 12.5. The molecule has 0 aliphatic carbocycles. The van der Waals surface area contributed by atoms with E-state index in [0.29, 0.717) is 0 Å². The maximum atomic E-state index is 5.88. The minimum atomic E-state index is 0.205. The summed E-state index contributed by atoms with van der Waals surface area (Å²) >= 11 is 1.68. The van der Waals surface area contributed by atoms with Gasteiger partial charge in [0.2, 0.25) is 0 Å². The number of thioether (sulfide) groups is 1. The van der Waals surface area contributed by atoms with Gasteiger partial charge < -0.3 is 5.73 Å². The number of nitrogens with two attached hydrogens (primary N) is 1. The SMILES string of the molecule is CC(C)(C)c1ccc(CSc2ncccc2N)cc1. The summed E-state index contributed by atoms with van der Waals surface area (Å²) in [6.45, 7) is 6.68. The molecule has 3 heteroatoms. The van der Waals surface area contributed by atoms with Crippen LogP contribution in [0.25, 0.3) is 0 Å². The van der Waals surface area contributed by atoms with Gasteiger partial charge in [0.1, 0.15) is 5.03 Å². The Balaban J connectivity index is 2.03. The smallest absolute Gasteiger partial charge is 0.119 e. The number of hydrogen-bond donors (Lipinski definition) is 1. The number of rotatable bonds is 3. The van der Waals surface area contributed by atoms with Crippen molar-refractivity contribution in [3.05, 3.63) is 53.7 Å². The number of anilines is 1. The van der Waals surface area contributed by atoms with Crippen molar-refractivity contribution in [1.29, 1.82) is 0 Å². The molecule has 0 bridgehead atoms. The van der Waals surface area contributed by atoms with E-state index < -0.39 is 0 Å². The van der Waals surface area contributed by atoms with Crippen molar-refractivity contribution < 1.29 is 0 Å². The van der Waals surface area contributed by atoms with E-state index in [4.69, 9.17) is 5.73 Å². The van der Waals surface area contributed by atoms with E-state index in [9.17, 15) is 0 Å². The average molecular weight is 272 g/mol. The maximum Gasteiger partial charge on any atom is 0.119 e. The molecular formula is C16H20N2S. The lowest BCUT2D eigenvalue weighted by atomic mass is 9.87. The van der Waals surface area contributed by atoms with E-state index in [-0.39, 0.29) is 5.41 Å². The molecule has 0 amide bonds. The molecule has 2 aromatic rings. The summed E-state index contributed by atoms with van der Waals surface area (Å²) in [5.74, 6) is 0.894. The highest BCUT2D eigenvalue weighted by Crippen LogP contribution is 2.27. The fraction of sp³-hybridized carbons (Fsp3) is 0.312. The number of nitrogens with zero attached hydrogens (tertiary/aromatic N) is 1. The van der Waals surface area contributed by atoms with Crippen LogP contribution in [-0.4, -0.2) is 4.98 Å². The van der Waals surface area contributed by atoms with Crippen molar-refractivity contribution in [1.82, 2.24) is 4.98 Å². The van der Waals surface area contributed by atoms with Crippen LogP contribution in [0.3, 0.4) is 0 Å². The molecule has 1 aromatic heterocycles. The molecule has 0 radical (unpaired) electrons. The Kier molecular flexibility index (Phi) is 4.15. The first kappa shape index (κ1) is 13.9. The van der Waals surface area contributed by atoms with E-state index in [1.165, 1.54) is 11.1 Å². The summed E-state index contributed by atoms with van der Waals surface area (Å²) in [6, 6.07) is 12.5. The Labute approximate surface area is 119 Å². The minimum Gasteiger partial charge on any atom is -0.397 e. The molecule has 2 nitrogen and oxygen atoms in total. The fourth-order valence-electron chi connectivity index (χ4n) is 1.78. The molecule has 0 saturated carbocycles. The third-order valence-corrected chi connectivity index (χ3v) is 4.09. The normalized spacial score (nSPS) is 11.5. The molecular weight excluding hydrogens is 252 g/mol. The highest BCUT2D eigenvalue weighted by molar-refractivity contribution is 7.98. The molecule has 0 aliphatic heterocycles.